The molecule has 2 atom stereocenters. The number of guanidine groups is 1. The van der Waals surface area contributed by atoms with Crippen molar-refractivity contribution in [2.75, 3.05) is 37.6 Å². The van der Waals surface area contributed by atoms with Gasteiger partial charge in [0.25, 0.3) is 0 Å². The molecule has 3 aromatic rings. The van der Waals surface area contributed by atoms with Crippen LogP contribution in [0, 0.1) is 0 Å². The van der Waals surface area contributed by atoms with Crippen LogP contribution in [0.5, 0.6) is 5.75 Å². The summed E-state index contributed by atoms with van der Waals surface area (Å²) in [5.74, 6) is -0.379. The van der Waals surface area contributed by atoms with Crippen LogP contribution in [0.25, 0.3) is 0 Å². The van der Waals surface area contributed by atoms with Crippen LogP contribution in [0.2, 0.25) is 0 Å². The van der Waals surface area contributed by atoms with E-state index in [1.165, 1.54) is 5.69 Å². The zero-order chi connectivity index (χ0) is 29.0. The van der Waals surface area contributed by atoms with E-state index < -0.39 is 12.1 Å². The van der Waals surface area contributed by atoms with E-state index in [4.69, 9.17) is 11.5 Å². The Morgan fingerprint density at radius 2 is 1.49 bits per heavy atom. The van der Waals surface area contributed by atoms with Gasteiger partial charge >= 0.3 is 0 Å². The molecule has 216 valence electrons. The Morgan fingerprint density at radius 1 is 0.854 bits per heavy atom. The van der Waals surface area contributed by atoms with Crippen molar-refractivity contribution in [3.63, 3.8) is 0 Å². The lowest BCUT2D eigenvalue weighted by Gasteiger charge is -2.40. The monoisotopic (exact) mass is 557 g/mol. The summed E-state index contributed by atoms with van der Waals surface area (Å²) in [6, 6.07) is 25.2. The Balaban J connectivity index is 1.47. The fraction of sp³-hybridized carbons (Fsp3) is 0.323. The molecule has 1 fully saturated rings. The first-order valence-corrected chi connectivity index (χ1v) is 13.9. The van der Waals surface area contributed by atoms with E-state index in [1.807, 2.05) is 48.5 Å². The van der Waals surface area contributed by atoms with Crippen LogP contribution < -0.4 is 27.0 Å². The maximum atomic E-state index is 13.9. The number of aliphatic imine (C=N–C) groups is 1. The largest absolute Gasteiger partial charge is 0.508 e. The van der Waals surface area contributed by atoms with Crippen molar-refractivity contribution < 1.29 is 14.7 Å². The zero-order valence-corrected chi connectivity index (χ0v) is 23.2. The van der Waals surface area contributed by atoms with E-state index in [1.54, 1.807) is 24.3 Å². The van der Waals surface area contributed by atoms with Gasteiger partial charge in [0.1, 0.15) is 17.8 Å². The molecule has 10 nitrogen and oxygen atoms in total. The molecule has 4 rings (SSSR count). The van der Waals surface area contributed by atoms with E-state index in [9.17, 15) is 14.7 Å². The van der Waals surface area contributed by atoms with Crippen molar-refractivity contribution >= 4 is 23.5 Å². The Hall–Kier alpha value is -4.57. The molecule has 1 heterocycles. The minimum Gasteiger partial charge on any atom is -0.508 e. The van der Waals surface area contributed by atoms with E-state index in [0.29, 0.717) is 32.5 Å². The van der Waals surface area contributed by atoms with Crippen LogP contribution >= 0.6 is 0 Å². The molecule has 0 spiro atoms. The minimum absolute atomic E-state index is 0.0128. The quantitative estimate of drug-likeness (QED) is 0.130. The predicted molar refractivity (Wildman–Crippen MR) is 161 cm³/mol. The number of para-hydroxylation sites is 1. The number of phenols is 1. The van der Waals surface area contributed by atoms with Gasteiger partial charge in [0.15, 0.2) is 5.96 Å². The van der Waals surface area contributed by atoms with E-state index in [0.717, 1.165) is 24.2 Å². The van der Waals surface area contributed by atoms with Gasteiger partial charge in [0, 0.05) is 45.0 Å². The molecule has 0 bridgehead atoms. The van der Waals surface area contributed by atoms with E-state index in [2.05, 4.69) is 37.6 Å². The molecule has 10 heteroatoms. The number of anilines is 1. The first kappa shape index (κ1) is 29.4. The second-order valence-electron chi connectivity index (χ2n) is 10.1. The average Bonchev–Trinajstić information content (AvgIpc) is 2.99. The lowest BCUT2D eigenvalue weighted by Crippen LogP contribution is -2.54. The van der Waals surface area contributed by atoms with Crippen molar-refractivity contribution in [2.24, 2.45) is 16.5 Å². The fourth-order valence-corrected chi connectivity index (χ4v) is 4.99. The van der Waals surface area contributed by atoms with Gasteiger partial charge in [-0.15, -0.1) is 0 Å². The minimum atomic E-state index is -0.773. The van der Waals surface area contributed by atoms with Crippen molar-refractivity contribution in [1.29, 1.82) is 0 Å². The number of aromatic hydroxyl groups is 1. The summed E-state index contributed by atoms with van der Waals surface area (Å²) in [4.78, 5) is 35.7. The van der Waals surface area contributed by atoms with Crippen molar-refractivity contribution in [3.05, 3.63) is 96.1 Å². The lowest BCUT2D eigenvalue weighted by molar-refractivity contribution is -0.132. The molecule has 2 amide bonds. The highest BCUT2D eigenvalue weighted by molar-refractivity contribution is 5.90. The van der Waals surface area contributed by atoms with Crippen LogP contribution in [0.3, 0.4) is 0 Å². The van der Waals surface area contributed by atoms with Crippen molar-refractivity contribution in [3.8, 4) is 5.75 Å². The number of nitrogens with zero attached hydrogens (tertiary/aromatic N) is 3. The van der Waals surface area contributed by atoms with Gasteiger partial charge in [0.05, 0.1) is 0 Å². The lowest BCUT2D eigenvalue weighted by atomic mass is 10.0. The molecule has 0 aromatic heterocycles. The normalized spacial score (nSPS) is 15.0. The SMILES string of the molecule is NC(N)=NCCC[C@@H](NC(=O)C(c1ccccc1)N1CCN(c2ccccc2)CC1)C(=O)NCc1ccc(O)cc1. The van der Waals surface area contributed by atoms with Gasteiger partial charge in [-0.25, -0.2) is 0 Å². The third kappa shape index (κ3) is 8.71. The summed E-state index contributed by atoms with van der Waals surface area (Å²) < 4.78 is 0. The highest BCUT2D eigenvalue weighted by Gasteiger charge is 2.33. The molecule has 1 saturated heterocycles. The number of nitrogens with two attached hydrogens (primary N) is 2. The van der Waals surface area contributed by atoms with Crippen molar-refractivity contribution in [2.45, 2.75) is 31.5 Å². The summed E-state index contributed by atoms with van der Waals surface area (Å²) in [5, 5.41) is 15.5. The van der Waals surface area contributed by atoms with Crippen LogP contribution in [-0.2, 0) is 16.1 Å². The van der Waals surface area contributed by atoms with Gasteiger partial charge < -0.3 is 32.1 Å². The summed E-state index contributed by atoms with van der Waals surface area (Å²) >= 11 is 0. The Kier molecular flexibility index (Phi) is 10.6. The summed E-state index contributed by atoms with van der Waals surface area (Å²) in [7, 11) is 0. The van der Waals surface area contributed by atoms with Crippen LogP contribution in [0.15, 0.2) is 89.9 Å². The molecular weight excluding hydrogens is 518 g/mol. The number of carbonyl (C=O) groups excluding carboxylic acids is 2. The average molecular weight is 558 g/mol. The van der Waals surface area contributed by atoms with Crippen LogP contribution in [0.4, 0.5) is 5.69 Å². The molecule has 41 heavy (non-hydrogen) atoms. The highest BCUT2D eigenvalue weighted by atomic mass is 16.3. The Bertz CT molecular complexity index is 1270. The number of benzene rings is 3. The summed E-state index contributed by atoms with van der Waals surface area (Å²) in [6.45, 7) is 3.59. The van der Waals surface area contributed by atoms with Crippen LogP contribution in [-0.4, -0.2) is 66.5 Å². The highest BCUT2D eigenvalue weighted by Crippen LogP contribution is 2.25. The topological polar surface area (TPSA) is 149 Å². The third-order valence-corrected chi connectivity index (χ3v) is 7.15. The molecule has 0 radical (unpaired) electrons. The first-order valence-electron chi connectivity index (χ1n) is 13.9. The van der Waals surface area contributed by atoms with E-state index >= 15 is 0 Å². The maximum Gasteiger partial charge on any atom is 0.242 e. The van der Waals surface area contributed by atoms with E-state index in [-0.39, 0.29) is 30.1 Å². The molecule has 3 aromatic carbocycles. The van der Waals surface area contributed by atoms with Gasteiger partial charge in [0.2, 0.25) is 11.8 Å². The molecule has 1 aliphatic heterocycles. The maximum absolute atomic E-state index is 13.9. The standard InChI is InChI=1S/C31H39N7O3/c32-31(33)34-17-7-12-27(29(40)35-22-23-13-15-26(39)16-14-23)36-30(41)28(24-8-3-1-4-9-24)38-20-18-37(19-21-38)25-10-5-2-6-11-25/h1-6,8-11,13-16,27-28,39H,7,12,17-22H2,(H,35,40)(H,36,41)(H4,32,33,34)/t27-,28?/m1/s1. The molecule has 7 N–H and O–H groups in total. The number of hydrogen-bond donors (Lipinski definition) is 5. The number of nitrogens with one attached hydrogen (secondary N) is 2. The number of piperazine rings is 1. The first-order chi connectivity index (χ1) is 19.9. The summed E-state index contributed by atoms with van der Waals surface area (Å²) in [6.07, 6.45) is 0.883. The molecule has 0 saturated carbocycles. The number of rotatable bonds is 12. The third-order valence-electron chi connectivity index (χ3n) is 7.15. The fourth-order valence-electron chi connectivity index (χ4n) is 4.99. The second kappa shape index (κ2) is 14.7. The van der Waals surface area contributed by atoms with Crippen LogP contribution in [0.1, 0.15) is 30.0 Å². The van der Waals surface area contributed by atoms with Gasteiger partial charge in [-0.1, -0.05) is 60.7 Å². The van der Waals surface area contributed by atoms with Gasteiger partial charge in [-0.2, -0.15) is 0 Å². The van der Waals surface area contributed by atoms with Gasteiger partial charge in [-0.05, 0) is 48.2 Å². The van der Waals surface area contributed by atoms with Crippen molar-refractivity contribution in [1.82, 2.24) is 15.5 Å². The molecular formula is C31H39N7O3. The number of carbonyl (C=O) groups is 2. The number of phenolic OH excluding ortho intramolecular Hbond substituents is 1. The number of hydrogen-bond acceptors (Lipinski definition) is 6. The van der Waals surface area contributed by atoms with Gasteiger partial charge in [-0.3, -0.25) is 19.5 Å². The number of amides is 2. The predicted octanol–water partition coefficient (Wildman–Crippen LogP) is 2.11. The molecule has 0 aliphatic carbocycles. The smallest absolute Gasteiger partial charge is 0.242 e. The molecule has 1 unspecified atom stereocenters. The second-order valence-corrected chi connectivity index (χ2v) is 10.1. The Labute approximate surface area is 241 Å². The Morgan fingerprint density at radius 3 is 2.12 bits per heavy atom. The molecule has 1 aliphatic rings. The summed E-state index contributed by atoms with van der Waals surface area (Å²) in [5.41, 5.74) is 13.8. The zero-order valence-electron chi connectivity index (χ0n) is 23.2.